The highest BCUT2D eigenvalue weighted by atomic mass is 32.2. The van der Waals surface area contributed by atoms with Crippen LogP contribution < -0.4 is 10.1 Å². The van der Waals surface area contributed by atoms with Crippen LogP contribution in [0.1, 0.15) is 13.3 Å². The number of carbonyl (C=O) groups is 1. The van der Waals surface area contributed by atoms with Crippen LogP contribution in [0, 0.1) is 0 Å². The van der Waals surface area contributed by atoms with E-state index in [9.17, 15) is 4.79 Å². The first-order valence-electron chi connectivity index (χ1n) is 8.53. The molecule has 0 fully saturated rings. The molecule has 0 atom stereocenters. The second kappa shape index (κ2) is 7.98. The highest BCUT2D eigenvalue weighted by Gasteiger charge is 2.11. The second-order valence-corrected chi connectivity index (χ2v) is 7.64. The fourth-order valence-corrected chi connectivity index (χ4v) is 4.03. The van der Waals surface area contributed by atoms with Crippen molar-refractivity contribution in [3.63, 3.8) is 0 Å². The number of benzene rings is 2. The lowest BCUT2D eigenvalue weighted by Crippen LogP contribution is -2.20. The van der Waals surface area contributed by atoms with Crippen LogP contribution in [0.25, 0.3) is 21.9 Å². The zero-order valence-electron chi connectivity index (χ0n) is 14.6. The van der Waals surface area contributed by atoms with Crippen LogP contribution in [0.15, 0.2) is 52.0 Å². The van der Waals surface area contributed by atoms with E-state index < -0.39 is 0 Å². The van der Waals surface area contributed by atoms with E-state index in [2.05, 4.69) is 21.6 Å². The average Bonchev–Trinajstić information content (AvgIpc) is 3.28. The molecule has 2 heterocycles. The highest BCUT2D eigenvalue weighted by molar-refractivity contribution is 7.99. The molecule has 0 bridgehead atoms. The maximum Gasteiger partial charge on any atom is 0.264 e. The minimum Gasteiger partial charge on any atom is -0.484 e. The molecule has 0 radical (unpaired) electrons. The number of rotatable bonds is 7. The molecule has 6 nitrogen and oxygen atoms in total. The molecule has 138 valence electrons. The van der Waals surface area contributed by atoms with Crippen LogP contribution in [0.5, 0.6) is 5.75 Å². The van der Waals surface area contributed by atoms with Gasteiger partial charge in [0.15, 0.2) is 6.61 Å². The number of hydrogen-bond acceptors (Lipinski definition) is 7. The van der Waals surface area contributed by atoms with Gasteiger partial charge in [-0.3, -0.25) is 10.1 Å². The van der Waals surface area contributed by atoms with E-state index in [1.807, 2.05) is 36.4 Å². The van der Waals surface area contributed by atoms with E-state index in [0.717, 1.165) is 34.1 Å². The molecule has 0 aliphatic rings. The van der Waals surface area contributed by atoms with Crippen molar-refractivity contribution in [3.8, 4) is 5.75 Å². The van der Waals surface area contributed by atoms with Gasteiger partial charge in [-0.15, -0.1) is 0 Å². The summed E-state index contributed by atoms with van der Waals surface area (Å²) in [6.07, 6.45) is 1.05. The first-order valence-corrected chi connectivity index (χ1v) is 10.3. The maximum absolute atomic E-state index is 12.1. The molecule has 4 rings (SSSR count). The van der Waals surface area contributed by atoms with Gasteiger partial charge in [-0.1, -0.05) is 36.9 Å². The molecule has 8 heteroatoms. The maximum atomic E-state index is 12.1. The molecule has 0 aliphatic heterocycles. The van der Waals surface area contributed by atoms with E-state index in [1.165, 1.54) is 11.5 Å². The molecular weight excluding hydrogens is 382 g/mol. The monoisotopic (exact) mass is 399 g/mol. The molecule has 4 aromatic rings. The van der Waals surface area contributed by atoms with Gasteiger partial charge < -0.3 is 9.15 Å². The number of carbonyl (C=O) groups excluding carboxylic acids is 1. The van der Waals surface area contributed by atoms with Crippen LogP contribution in [-0.4, -0.2) is 27.6 Å². The largest absolute Gasteiger partial charge is 0.484 e. The Balaban J connectivity index is 1.40. The zero-order valence-corrected chi connectivity index (χ0v) is 16.2. The topological polar surface area (TPSA) is 77.2 Å². The summed E-state index contributed by atoms with van der Waals surface area (Å²) in [4.78, 5) is 16.4. The van der Waals surface area contributed by atoms with E-state index in [-0.39, 0.29) is 12.5 Å². The number of nitrogens with zero attached hydrogens (tertiary/aromatic N) is 2. The fourth-order valence-electron chi connectivity index (χ4n) is 2.61. The van der Waals surface area contributed by atoms with E-state index in [4.69, 9.17) is 9.15 Å². The number of thioether (sulfide) groups is 1. The third kappa shape index (κ3) is 4.06. The number of furan rings is 1. The average molecular weight is 399 g/mol. The van der Waals surface area contributed by atoms with Crippen molar-refractivity contribution in [1.29, 1.82) is 0 Å². The third-order valence-corrected chi connectivity index (χ3v) is 5.61. The standard InChI is InChI=1S/C19H17N3O3S2/c1-2-9-26-19-21-18(27-22-19)20-17(23)11-24-12-7-8-16-14(10-12)13-5-3-4-6-15(13)25-16/h3-8,10H,2,9,11H2,1H3,(H,20,21,22,23). The lowest BCUT2D eigenvalue weighted by Gasteiger charge is -2.05. The van der Waals surface area contributed by atoms with Crippen LogP contribution in [0.2, 0.25) is 0 Å². The van der Waals surface area contributed by atoms with Crippen molar-refractivity contribution >= 4 is 56.3 Å². The van der Waals surface area contributed by atoms with Gasteiger partial charge in [0.2, 0.25) is 10.3 Å². The number of fused-ring (bicyclic) bond motifs is 3. The Bertz CT molecular complexity index is 1090. The number of nitrogens with one attached hydrogen (secondary N) is 1. The summed E-state index contributed by atoms with van der Waals surface area (Å²) in [6, 6.07) is 13.4. The van der Waals surface area contributed by atoms with Crippen molar-refractivity contribution in [3.05, 3.63) is 42.5 Å². The molecule has 1 N–H and O–H groups in total. The molecule has 0 saturated heterocycles. The number of amides is 1. The fraction of sp³-hybridized carbons (Fsp3) is 0.211. The Morgan fingerprint density at radius 1 is 1.22 bits per heavy atom. The normalized spacial score (nSPS) is 11.1. The van der Waals surface area contributed by atoms with E-state index >= 15 is 0 Å². The first kappa shape index (κ1) is 17.8. The minimum absolute atomic E-state index is 0.0989. The molecule has 0 unspecified atom stereocenters. The van der Waals surface area contributed by atoms with E-state index in [1.54, 1.807) is 17.8 Å². The number of hydrogen-bond donors (Lipinski definition) is 1. The summed E-state index contributed by atoms with van der Waals surface area (Å²) in [7, 11) is 0. The van der Waals surface area contributed by atoms with Crippen molar-refractivity contribution in [2.24, 2.45) is 0 Å². The van der Waals surface area contributed by atoms with E-state index in [0.29, 0.717) is 16.0 Å². The van der Waals surface area contributed by atoms with Gasteiger partial charge in [0.25, 0.3) is 5.91 Å². The Morgan fingerprint density at radius 3 is 2.96 bits per heavy atom. The lowest BCUT2D eigenvalue weighted by molar-refractivity contribution is -0.118. The first-order chi connectivity index (χ1) is 13.2. The molecule has 0 aliphatic carbocycles. The molecular formula is C19H17N3O3S2. The van der Waals surface area contributed by atoms with Gasteiger partial charge in [-0.25, -0.2) is 0 Å². The third-order valence-electron chi connectivity index (χ3n) is 3.81. The van der Waals surface area contributed by atoms with Gasteiger partial charge in [-0.2, -0.15) is 9.36 Å². The van der Waals surface area contributed by atoms with Crippen LogP contribution in [0.4, 0.5) is 5.13 Å². The smallest absolute Gasteiger partial charge is 0.264 e. The van der Waals surface area contributed by atoms with Gasteiger partial charge in [0.1, 0.15) is 16.9 Å². The zero-order chi connectivity index (χ0) is 18.6. The van der Waals surface area contributed by atoms with Crippen LogP contribution in [-0.2, 0) is 4.79 Å². The number of para-hydroxylation sites is 1. The summed E-state index contributed by atoms with van der Waals surface area (Å²) in [5.41, 5.74) is 1.62. The summed E-state index contributed by atoms with van der Waals surface area (Å²) < 4.78 is 15.6. The predicted molar refractivity (Wildman–Crippen MR) is 109 cm³/mol. The Morgan fingerprint density at radius 2 is 2.07 bits per heavy atom. The summed E-state index contributed by atoms with van der Waals surface area (Å²) >= 11 is 2.75. The number of aromatic nitrogens is 2. The van der Waals surface area contributed by atoms with Crippen molar-refractivity contribution in [2.45, 2.75) is 18.5 Å². The Hall–Kier alpha value is -2.58. The van der Waals surface area contributed by atoms with Gasteiger partial charge in [0.05, 0.1) is 0 Å². The summed E-state index contributed by atoms with van der Waals surface area (Å²) in [6.45, 7) is 2.00. The SMILES string of the molecule is CCCSc1nsc(NC(=O)COc2ccc3oc4ccccc4c3c2)n1. The predicted octanol–water partition coefficient (Wildman–Crippen LogP) is 4.96. The Kier molecular flexibility index (Phi) is 5.26. The van der Waals surface area contributed by atoms with Crippen molar-refractivity contribution in [2.75, 3.05) is 17.7 Å². The van der Waals surface area contributed by atoms with Crippen LogP contribution >= 0.6 is 23.3 Å². The summed E-state index contributed by atoms with van der Waals surface area (Å²) in [5.74, 6) is 1.30. The Labute approximate surface area is 164 Å². The van der Waals surface area contributed by atoms with Gasteiger partial charge >= 0.3 is 0 Å². The number of anilines is 1. The van der Waals surface area contributed by atoms with Gasteiger partial charge in [-0.05, 0) is 30.7 Å². The molecule has 0 spiro atoms. The minimum atomic E-state index is -0.268. The quantitative estimate of drug-likeness (QED) is 0.443. The molecule has 27 heavy (non-hydrogen) atoms. The van der Waals surface area contributed by atoms with Crippen molar-refractivity contribution < 1.29 is 13.9 Å². The molecule has 2 aromatic heterocycles. The second-order valence-electron chi connectivity index (χ2n) is 5.82. The lowest BCUT2D eigenvalue weighted by atomic mass is 10.1. The molecule has 2 aromatic carbocycles. The summed E-state index contributed by atoms with van der Waals surface area (Å²) in [5, 5.41) is 5.88. The highest BCUT2D eigenvalue weighted by Crippen LogP contribution is 2.31. The van der Waals surface area contributed by atoms with Crippen molar-refractivity contribution in [1.82, 2.24) is 9.36 Å². The molecule has 1 amide bonds. The van der Waals surface area contributed by atoms with Gasteiger partial charge in [0, 0.05) is 28.1 Å². The van der Waals surface area contributed by atoms with Crippen LogP contribution in [0.3, 0.4) is 0 Å². The molecule has 0 saturated carbocycles. The number of ether oxygens (including phenoxy) is 1.